The van der Waals surface area contributed by atoms with Gasteiger partial charge in [0.25, 0.3) is 5.91 Å². The third kappa shape index (κ3) is 2.87. The molecule has 1 aliphatic heterocycles. The highest BCUT2D eigenvalue weighted by molar-refractivity contribution is 5.96. The number of likely N-dealkylation sites (tertiary alicyclic amines) is 1. The number of carbonyl (C=O) groups excluding carboxylic acids is 1. The lowest BCUT2D eigenvalue weighted by Crippen LogP contribution is -2.51. The van der Waals surface area contributed by atoms with Gasteiger partial charge in [-0.25, -0.2) is 4.98 Å². The second-order valence-corrected chi connectivity index (χ2v) is 5.16. The standard InChI is InChI=1S/C14H21N3O2/c1-14(15-2)6-9-17(10-7-14)13(18)11-5-4-8-16-12(11)19-3/h4-5,8,15H,6-7,9-10H2,1-3H3. The Morgan fingerprint density at radius 2 is 2.16 bits per heavy atom. The molecule has 5 heteroatoms. The average Bonchev–Trinajstić information content (AvgIpc) is 2.47. The van der Waals surface area contributed by atoms with Crippen molar-refractivity contribution in [3.05, 3.63) is 23.9 Å². The van der Waals surface area contributed by atoms with Gasteiger partial charge in [-0.05, 0) is 38.9 Å². The first-order valence-corrected chi connectivity index (χ1v) is 6.57. The van der Waals surface area contributed by atoms with Gasteiger partial charge in [-0.3, -0.25) is 4.79 Å². The molecule has 1 amide bonds. The second kappa shape index (κ2) is 5.57. The monoisotopic (exact) mass is 263 g/mol. The van der Waals surface area contributed by atoms with E-state index in [1.54, 1.807) is 18.3 Å². The smallest absolute Gasteiger partial charge is 0.259 e. The van der Waals surface area contributed by atoms with Crippen molar-refractivity contribution in [1.29, 1.82) is 0 Å². The number of hydrogen-bond acceptors (Lipinski definition) is 4. The Balaban J connectivity index is 2.09. The van der Waals surface area contributed by atoms with Crippen molar-refractivity contribution in [2.45, 2.75) is 25.3 Å². The minimum Gasteiger partial charge on any atom is -0.480 e. The fraction of sp³-hybridized carbons (Fsp3) is 0.571. The summed E-state index contributed by atoms with van der Waals surface area (Å²) in [6.07, 6.45) is 3.54. The van der Waals surface area contributed by atoms with Crippen LogP contribution in [0.2, 0.25) is 0 Å². The number of methoxy groups -OCH3 is 1. The fourth-order valence-corrected chi connectivity index (χ4v) is 2.34. The summed E-state index contributed by atoms with van der Waals surface area (Å²) in [4.78, 5) is 18.4. The van der Waals surface area contributed by atoms with E-state index in [4.69, 9.17) is 4.74 Å². The molecule has 0 aliphatic carbocycles. The molecule has 0 bridgehead atoms. The minimum absolute atomic E-state index is 0.00287. The lowest BCUT2D eigenvalue weighted by atomic mass is 9.89. The molecule has 0 radical (unpaired) electrons. The van der Waals surface area contributed by atoms with E-state index in [0.29, 0.717) is 11.4 Å². The number of hydrogen-bond donors (Lipinski definition) is 1. The Labute approximate surface area is 114 Å². The molecular formula is C14H21N3O2. The van der Waals surface area contributed by atoms with E-state index in [9.17, 15) is 4.79 Å². The molecule has 1 aliphatic rings. The molecule has 2 rings (SSSR count). The molecule has 0 unspecified atom stereocenters. The zero-order valence-corrected chi connectivity index (χ0v) is 11.8. The van der Waals surface area contributed by atoms with E-state index in [-0.39, 0.29) is 11.4 Å². The molecule has 0 atom stereocenters. The molecule has 1 aromatic heterocycles. The number of piperidine rings is 1. The third-order valence-corrected chi connectivity index (χ3v) is 3.95. The van der Waals surface area contributed by atoms with Crippen LogP contribution in [0, 0.1) is 0 Å². The largest absolute Gasteiger partial charge is 0.480 e. The van der Waals surface area contributed by atoms with Crippen LogP contribution in [0.25, 0.3) is 0 Å². The van der Waals surface area contributed by atoms with Crippen molar-refractivity contribution in [3.63, 3.8) is 0 Å². The Morgan fingerprint density at radius 3 is 2.74 bits per heavy atom. The van der Waals surface area contributed by atoms with Gasteiger partial charge in [0.2, 0.25) is 5.88 Å². The predicted octanol–water partition coefficient (Wildman–Crippen LogP) is 1.30. The Bertz CT molecular complexity index is 454. The van der Waals surface area contributed by atoms with Gasteiger partial charge in [0.05, 0.1) is 7.11 Å². The normalized spacial score (nSPS) is 18.2. The van der Waals surface area contributed by atoms with E-state index in [1.807, 2.05) is 11.9 Å². The SMILES string of the molecule is CNC1(C)CCN(C(=O)c2cccnc2OC)CC1. The molecule has 1 aromatic rings. The van der Waals surface area contributed by atoms with Gasteiger partial charge in [0.1, 0.15) is 5.56 Å². The first-order valence-electron chi connectivity index (χ1n) is 6.57. The van der Waals surface area contributed by atoms with E-state index in [2.05, 4.69) is 17.2 Å². The van der Waals surface area contributed by atoms with Gasteiger partial charge in [0.15, 0.2) is 0 Å². The summed E-state index contributed by atoms with van der Waals surface area (Å²) in [6, 6.07) is 3.53. The average molecular weight is 263 g/mol. The van der Waals surface area contributed by atoms with Crippen molar-refractivity contribution in [1.82, 2.24) is 15.2 Å². The fourth-order valence-electron chi connectivity index (χ4n) is 2.34. The van der Waals surface area contributed by atoms with Crippen LogP contribution in [-0.4, -0.2) is 48.6 Å². The van der Waals surface area contributed by atoms with Gasteiger partial charge >= 0.3 is 0 Å². The number of ether oxygens (including phenoxy) is 1. The molecule has 2 heterocycles. The molecule has 0 aromatic carbocycles. The third-order valence-electron chi connectivity index (χ3n) is 3.95. The number of pyridine rings is 1. The molecule has 0 spiro atoms. The van der Waals surface area contributed by atoms with Crippen LogP contribution in [0.5, 0.6) is 5.88 Å². The van der Waals surface area contributed by atoms with Gasteiger partial charge in [0, 0.05) is 24.8 Å². The van der Waals surface area contributed by atoms with Crippen LogP contribution >= 0.6 is 0 Å². The molecule has 104 valence electrons. The van der Waals surface area contributed by atoms with E-state index >= 15 is 0 Å². The first kappa shape index (κ1) is 13.8. The summed E-state index contributed by atoms with van der Waals surface area (Å²) < 4.78 is 5.15. The van der Waals surface area contributed by atoms with Gasteiger partial charge in [-0.1, -0.05) is 0 Å². The Hall–Kier alpha value is -1.62. The lowest BCUT2D eigenvalue weighted by Gasteiger charge is -2.39. The number of amides is 1. The molecule has 1 saturated heterocycles. The summed E-state index contributed by atoms with van der Waals surface area (Å²) in [7, 11) is 3.51. The summed E-state index contributed by atoms with van der Waals surface area (Å²) in [6.45, 7) is 3.71. The summed E-state index contributed by atoms with van der Waals surface area (Å²) in [5.41, 5.74) is 0.675. The number of rotatable bonds is 3. The highest BCUT2D eigenvalue weighted by atomic mass is 16.5. The maximum Gasteiger partial charge on any atom is 0.259 e. The summed E-state index contributed by atoms with van der Waals surface area (Å²) in [5, 5.41) is 3.33. The quantitative estimate of drug-likeness (QED) is 0.893. The van der Waals surface area contributed by atoms with E-state index < -0.39 is 0 Å². The van der Waals surface area contributed by atoms with Crippen molar-refractivity contribution in [3.8, 4) is 5.88 Å². The van der Waals surface area contributed by atoms with Crippen molar-refractivity contribution in [2.24, 2.45) is 0 Å². The maximum atomic E-state index is 12.5. The predicted molar refractivity (Wildman–Crippen MR) is 73.4 cm³/mol. The van der Waals surface area contributed by atoms with Crippen LogP contribution in [0.4, 0.5) is 0 Å². The van der Waals surface area contributed by atoms with Crippen molar-refractivity contribution >= 4 is 5.91 Å². The van der Waals surface area contributed by atoms with Crippen LogP contribution in [0.1, 0.15) is 30.1 Å². The summed E-state index contributed by atoms with van der Waals surface area (Å²) >= 11 is 0. The number of nitrogens with one attached hydrogen (secondary N) is 1. The molecular weight excluding hydrogens is 242 g/mol. The van der Waals surface area contributed by atoms with Crippen LogP contribution in [0.3, 0.4) is 0 Å². The Morgan fingerprint density at radius 1 is 1.47 bits per heavy atom. The Kier molecular flexibility index (Phi) is 4.04. The molecule has 1 fully saturated rings. The molecule has 1 N–H and O–H groups in total. The first-order chi connectivity index (χ1) is 9.09. The number of nitrogens with zero attached hydrogens (tertiary/aromatic N) is 2. The number of aromatic nitrogens is 1. The van der Waals surface area contributed by atoms with Crippen LogP contribution in [0.15, 0.2) is 18.3 Å². The molecule has 5 nitrogen and oxygen atoms in total. The van der Waals surface area contributed by atoms with Crippen LogP contribution in [-0.2, 0) is 0 Å². The minimum atomic E-state index is 0.00287. The highest BCUT2D eigenvalue weighted by Gasteiger charge is 2.31. The van der Waals surface area contributed by atoms with Gasteiger partial charge < -0.3 is 15.0 Å². The molecule has 19 heavy (non-hydrogen) atoms. The van der Waals surface area contributed by atoms with Crippen molar-refractivity contribution < 1.29 is 9.53 Å². The van der Waals surface area contributed by atoms with Gasteiger partial charge in [-0.2, -0.15) is 0 Å². The lowest BCUT2D eigenvalue weighted by molar-refractivity contribution is 0.0657. The zero-order valence-electron chi connectivity index (χ0n) is 11.8. The highest BCUT2D eigenvalue weighted by Crippen LogP contribution is 2.24. The topological polar surface area (TPSA) is 54.5 Å². The zero-order chi connectivity index (χ0) is 13.9. The summed E-state index contributed by atoms with van der Waals surface area (Å²) in [5.74, 6) is 0.401. The maximum absolute atomic E-state index is 12.5. The molecule has 0 saturated carbocycles. The van der Waals surface area contributed by atoms with Gasteiger partial charge in [-0.15, -0.1) is 0 Å². The van der Waals surface area contributed by atoms with Crippen LogP contribution < -0.4 is 10.1 Å². The van der Waals surface area contributed by atoms with E-state index in [0.717, 1.165) is 25.9 Å². The second-order valence-electron chi connectivity index (χ2n) is 5.16. The number of carbonyl (C=O) groups is 1. The van der Waals surface area contributed by atoms with Crippen molar-refractivity contribution in [2.75, 3.05) is 27.2 Å². The van der Waals surface area contributed by atoms with E-state index in [1.165, 1.54) is 7.11 Å².